The van der Waals surface area contributed by atoms with Gasteiger partial charge >= 0.3 is 0 Å². The summed E-state index contributed by atoms with van der Waals surface area (Å²) in [4.78, 5) is 23.5. The number of rotatable bonds is 5. The molecule has 8 heteroatoms. The van der Waals surface area contributed by atoms with Crippen molar-refractivity contribution in [3.05, 3.63) is 17.5 Å². The Labute approximate surface area is 120 Å². The summed E-state index contributed by atoms with van der Waals surface area (Å²) < 4.78 is 26.6. The summed E-state index contributed by atoms with van der Waals surface area (Å²) in [6, 6.07) is 0.157. The highest BCUT2D eigenvalue weighted by Crippen LogP contribution is 2.20. The minimum atomic E-state index is -2.83. The number of halogens is 2. The largest absolute Gasteiger partial charge is 0.352 e. The van der Waals surface area contributed by atoms with Crippen LogP contribution in [0.25, 0.3) is 0 Å². The molecule has 2 rings (SSSR count). The minimum Gasteiger partial charge on any atom is -0.352 e. The van der Waals surface area contributed by atoms with E-state index in [2.05, 4.69) is 15.7 Å². The lowest BCUT2D eigenvalue weighted by atomic mass is 10.2. The monoisotopic (exact) mass is 300 g/mol. The van der Waals surface area contributed by atoms with Gasteiger partial charge in [0.15, 0.2) is 0 Å². The Hall–Kier alpha value is -1.99. The van der Waals surface area contributed by atoms with Crippen molar-refractivity contribution < 1.29 is 18.4 Å². The number of nitrogens with one attached hydrogen (secondary N) is 2. The minimum absolute atomic E-state index is 0.157. The molecule has 2 N–H and O–H groups in total. The number of carbonyl (C=O) groups excluding carboxylic acids is 2. The van der Waals surface area contributed by atoms with Crippen LogP contribution < -0.4 is 10.6 Å². The highest BCUT2D eigenvalue weighted by Gasteiger charge is 2.23. The maximum atomic E-state index is 12.7. The standard InChI is InChI=1S/C13H18F2N4O2/c1-19-7-9(11(18-19)12(14)15)13(21)16-6-10(20)17-8-4-2-3-5-8/h7-8,12H,2-6H2,1H3,(H,16,21)(H,17,20). The van der Waals surface area contributed by atoms with Crippen molar-refractivity contribution in [2.45, 2.75) is 38.2 Å². The zero-order chi connectivity index (χ0) is 15.4. The first kappa shape index (κ1) is 15.4. The molecule has 2 amide bonds. The number of nitrogens with zero attached hydrogens (tertiary/aromatic N) is 2. The Morgan fingerprint density at radius 2 is 2.10 bits per heavy atom. The zero-order valence-corrected chi connectivity index (χ0v) is 11.7. The number of hydrogen-bond donors (Lipinski definition) is 2. The van der Waals surface area contributed by atoms with Crippen molar-refractivity contribution in [3.8, 4) is 0 Å². The van der Waals surface area contributed by atoms with Crippen LogP contribution in [0.15, 0.2) is 6.20 Å². The molecular formula is C13H18F2N4O2. The van der Waals surface area contributed by atoms with Gasteiger partial charge in [0, 0.05) is 19.3 Å². The Morgan fingerprint density at radius 3 is 2.71 bits per heavy atom. The SMILES string of the molecule is Cn1cc(C(=O)NCC(=O)NC2CCCC2)c(C(F)F)n1. The average Bonchev–Trinajstić information content (AvgIpc) is 3.05. The third-order valence-corrected chi connectivity index (χ3v) is 3.44. The van der Waals surface area contributed by atoms with Gasteiger partial charge in [-0.1, -0.05) is 12.8 Å². The van der Waals surface area contributed by atoms with Crippen LogP contribution >= 0.6 is 0 Å². The fraction of sp³-hybridized carbons (Fsp3) is 0.615. The zero-order valence-electron chi connectivity index (χ0n) is 11.7. The summed E-state index contributed by atoms with van der Waals surface area (Å²) in [5.41, 5.74) is -0.785. The van der Waals surface area contributed by atoms with Crippen LogP contribution in [0.2, 0.25) is 0 Å². The van der Waals surface area contributed by atoms with Gasteiger partial charge in [0.05, 0.1) is 12.1 Å². The number of alkyl halides is 2. The number of amides is 2. The molecule has 0 aromatic carbocycles. The smallest absolute Gasteiger partial charge is 0.282 e. The highest BCUT2D eigenvalue weighted by atomic mass is 19.3. The van der Waals surface area contributed by atoms with Crippen LogP contribution in [0.5, 0.6) is 0 Å². The number of aromatic nitrogens is 2. The molecule has 0 bridgehead atoms. The summed E-state index contributed by atoms with van der Waals surface area (Å²) in [7, 11) is 1.45. The molecular weight excluding hydrogens is 282 g/mol. The van der Waals surface area contributed by atoms with Gasteiger partial charge in [-0.15, -0.1) is 0 Å². The Kier molecular flexibility index (Phi) is 4.87. The Morgan fingerprint density at radius 1 is 1.43 bits per heavy atom. The van der Waals surface area contributed by atoms with E-state index in [-0.39, 0.29) is 24.1 Å². The molecule has 1 aliphatic carbocycles. The maximum Gasteiger partial charge on any atom is 0.282 e. The topological polar surface area (TPSA) is 76.0 Å². The van der Waals surface area contributed by atoms with Gasteiger partial charge in [-0.05, 0) is 12.8 Å². The van der Waals surface area contributed by atoms with Gasteiger partial charge in [0.1, 0.15) is 5.69 Å². The Balaban J connectivity index is 1.88. The normalized spacial score (nSPS) is 15.4. The predicted octanol–water partition coefficient (Wildman–Crippen LogP) is 1.15. The molecule has 21 heavy (non-hydrogen) atoms. The van der Waals surface area contributed by atoms with Crippen molar-refractivity contribution in [2.75, 3.05) is 6.54 Å². The Bertz CT molecular complexity index is 524. The molecule has 1 heterocycles. The molecule has 0 aliphatic heterocycles. The second kappa shape index (κ2) is 6.64. The van der Waals surface area contributed by atoms with E-state index in [1.54, 1.807) is 0 Å². The van der Waals surface area contributed by atoms with Crippen LogP contribution in [0.3, 0.4) is 0 Å². The van der Waals surface area contributed by atoms with E-state index in [9.17, 15) is 18.4 Å². The lowest BCUT2D eigenvalue weighted by Crippen LogP contribution is -2.41. The van der Waals surface area contributed by atoms with Gasteiger partial charge in [0.25, 0.3) is 12.3 Å². The molecule has 116 valence electrons. The molecule has 0 radical (unpaired) electrons. The molecule has 0 atom stereocenters. The quantitative estimate of drug-likeness (QED) is 0.856. The van der Waals surface area contributed by atoms with Gasteiger partial charge in [0.2, 0.25) is 5.91 Å². The fourth-order valence-corrected chi connectivity index (χ4v) is 2.45. The maximum absolute atomic E-state index is 12.7. The molecule has 6 nitrogen and oxygen atoms in total. The van der Waals surface area contributed by atoms with E-state index in [0.29, 0.717) is 0 Å². The van der Waals surface area contributed by atoms with E-state index >= 15 is 0 Å². The fourth-order valence-electron chi connectivity index (χ4n) is 2.45. The van der Waals surface area contributed by atoms with Gasteiger partial charge < -0.3 is 10.6 Å². The second-order valence-corrected chi connectivity index (χ2v) is 5.13. The van der Waals surface area contributed by atoms with Crippen molar-refractivity contribution in [3.63, 3.8) is 0 Å². The van der Waals surface area contributed by atoms with Crippen molar-refractivity contribution >= 4 is 11.8 Å². The lowest BCUT2D eigenvalue weighted by Gasteiger charge is -2.12. The van der Waals surface area contributed by atoms with E-state index < -0.39 is 18.0 Å². The second-order valence-electron chi connectivity index (χ2n) is 5.13. The van der Waals surface area contributed by atoms with Crippen LogP contribution in [0.4, 0.5) is 8.78 Å². The predicted molar refractivity (Wildman–Crippen MR) is 70.9 cm³/mol. The summed E-state index contributed by atoms with van der Waals surface area (Å²) in [6.07, 6.45) is 2.44. The van der Waals surface area contributed by atoms with Crippen molar-refractivity contribution in [1.29, 1.82) is 0 Å². The van der Waals surface area contributed by atoms with Crippen LogP contribution in [0, 0.1) is 0 Å². The van der Waals surface area contributed by atoms with Crippen LogP contribution in [-0.2, 0) is 11.8 Å². The van der Waals surface area contributed by atoms with Crippen LogP contribution in [0.1, 0.15) is 48.2 Å². The highest BCUT2D eigenvalue weighted by molar-refractivity contribution is 5.97. The number of carbonyl (C=O) groups is 2. The summed E-state index contributed by atoms with van der Waals surface area (Å²) in [5, 5.41) is 8.70. The molecule has 0 saturated heterocycles. The first-order valence-electron chi connectivity index (χ1n) is 6.86. The van der Waals surface area contributed by atoms with Gasteiger partial charge in [-0.25, -0.2) is 8.78 Å². The third kappa shape index (κ3) is 3.99. The van der Waals surface area contributed by atoms with E-state index in [0.717, 1.165) is 30.4 Å². The number of hydrogen-bond acceptors (Lipinski definition) is 3. The molecule has 1 saturated carbocycles. The van der Waals surface area contributed by atoms with Gasteiger partial charge in [-0.2, -0.15) is 5.10 Å². The van der Waals surface area contributed by atoms with E-state index in [1.165, 1.54) is 13.2 Å². The summed E-state index contributed by atoms with van der Waals surface area (Å²) in [6.45, 7) is -0.229. The van der Waals surface area contributed by atoms with E-state index in [4.69, 9.17) is 0 Å². The molecule has 1 aromatic rings. The molecule has 1 fully saturated rings. The lowest BCUT2D eigenvalue weighted by molar-refractivity contribution is -0.120. The molecule has 0 unspecified atom stereocenters. The molecule has 1 aromatic heterocycles. The van der Waals surface area contributed by atoms with Crippen LogP contribution in [-0.4, -0.2) is 34.2 Å². The van der Waals surface area contributed by atoms with Crippen molar-refractivity contribution in [2.24, 2.45) is 7.05 Å². The number of aryl methyl sites for hydroxylation is 1. The third-order valence-electron chi connectivity index (χ3n) is 3.44. The molecule has 1 aliphatic rings. The van der Waals surface area contributed by atoms with Gasteiger partial charge in [-0.3, -0.25) is 14.3 Å². The summed E-state index contributed by atoms with van der Waals surface area (Å²) >= 11 is 0. The summed E-state index contributed by atoms with van der Waals surface area (Å²) in [5.74, 6) is -1.03. The average molecular weight is 300 g/mol. The molecule has 0 spiro atoms. The first-order chi connectivity index (χ1) is 9.97. The first-order valence-corrected chi connectivity index (χ1v) is 6.86. The van der Waals surface area contributed by atoms with E-state index in [1.807, 2.05) is 0 Å². The van der Waals surface area contributed by atoms with Crippen molar-refractivity contribution in [1.82, 2.24) is 20.4 Å².